The van der Waals surface area contributed by atoms with Gasteiger partial charge in [0.1, 0.15) is 0 Å². The van der Waals surface area contributed by atoms with Crippen molar-refractivity contribution in [3.8, 4) is 6.07 Å². The van der Waals surface area contributed by atoms with Crippen molar-refractivity contribution in [2.75, 3.05) is 16.6 Å². The summed E-state index contributed by atoms with van der Waals surface area (Å²) in [5.74, 6) is 0. The first kappa shape index (κ1) is 16.1. The first-order valence-electron chi connectivity index (χ1n) is 6.46. The highest BCUT2D eigenvalue weighted by Crippen LogP contribution is 2.27. The van der Waals surface area contributed by atoms with Crippen LogP contribution in [0.2, 0.25) is 5.02 Å². The predicted molar refractivity (Wildman–Crippen MR) is 87.1 cm³/mol. The lowest BCUT2D eigenvalue weighted by molar-refractivity contribution is 0.591. The second kappa shape index (κ2) is 6.69. The lowest BCUT2D eigenvalue weighted by atomic mass is 10.3. The molecule has 0 atom stereocenters. The average molecular weight is 336 g/mol. The van der Waals surface area contributed by atoms with Gasteiger partial charge in [0.25, 0.3) is 10.0 Å². The van der Waals surface area contributed by atoms with Crippen LogP contribution in [0.3, 0.4) is 0 Å². The molecule has 0 aliphatic heterocycles. The van der Waals surface area contributed by atoms with Gasteiger partial charge in [-0.05, 0) is 30.3 Å². The molecule has 5 nitrogen and oxygen atoms in total. The summed E-state index contributed by atoms with van der Waals surface area (Å²) in [5.41, 5.74) is 6.37. The van der Waals surface area contributed by atoms with Crippen LogP contribution in [0.4, 0.5) is 11.4 Å². The lowest BCUT2D eigenvalue weighted by Crippen LogP contribution is -2.32. The summed E-state index contributed by atoms with van der Waals surface area (Å²) in [4.78, 5) is 0.0381. The van der Waals surface area contributed by atoms with E-state index in [4.69, 9.17) is 22.6 Å². The van der Waals surface area contributed by atoms with Gasteiger partial charge in [-0.25, -0.2) is 8.42 Å². The van der Waals surface area contributed by atoms with Crippen LogP contribution in [0.15, 0.2) is 53.4 Å². The highest BCUT2D eigenvalue weighted by Gasteiger charge is 2.25. The highest BCUT2D eigenvalue weighted by molar-refractivity contribution is 7.92. The number of halogens is 1. The molecule has 0 aromatic heterocycles. The van der Waals surface area contributed by atoms with Crippen molar-refractivity contribution in [1.29, 1.82) is 5.26 Å². The summed E-state index contributed by atoms with van der Waals surface area (Å²) in [6.45, 7) is 0.0609. The summed E-state index contributed by atoms with van der Waals surface area (Å²) in [5, 5.41) is 9.06. The lowest BCUT2D eigenvalue weighted by Gasteiger charge is -2.23. The second-order valence-corrected chi connectivity index (χ2v) is 6.77. The van der Waals surface area contributed by atoms with E-state index < -0.39 is 10.0 Å². The van der Waals surface area contributed by atoms with E-state index in [0.29, 0.717) is 10.7 Å². The van der Waals surface area contributed by atoms with Crippen LogP contribution < -0.4 is 10.0 Å². The molecule has 0 unspecified atom stereocenters. The molecule has 0 aliphatic rings. The second-order valence-electron chi connectivity index (χ2n) is 4.50. The first-order chi connectivity index (χ1) is 10.5. The Morgan fingerprint density at radius 2 is 1.86 bits per heavy atom. The van der Waals surface area contributed by atoms with Crippen LogP contribution in [0, 0.1) is 11.3 Å². The molecular weight excluding hydrogens is 322 g/mol. The number of nitriles is 1. The first-order valence-corrected chi connectivity index (χ1v) is 8.28. The van der Waals surface area contributed by atoms with Gasteiger partial charge in [0.05, 0.1) is 33.8 Å². The highest BCUT2D eigenvalue weighted by atomic mass is 35.5. The average Bonchev–Trinajstić information content (AvgIpc) is 2.51. The number of rotatable bonds is 5. The minimum absolute atomic E-state index is 0.0381. The Morgan fingerprint density at radius 3 is 2.45 bits per heavy atom. The third-order valence-electron chi connectivity index (χ3n) is 3.03. The van der Waals surface area contributed by atoms with E-state index >= 15 is 0 Å². The summed E-state index contributed by atoms with van der Waals surface area (Å²) < 4.78 is 26.8. The number of benzene rings is 2. The molecule has 2 rings (SSSR count). The Hall–Kier alpha value is -2.23. The third-order valence-corrected chi connectivity index (χ3v) is 5.19. The van der Waals surface area contributed by atoms with Gasteiger partial charge < -0.3 is 5.73 Å². The molecule has 7 heteroatoms. The van der Waals surface area contributed by atoms with Crippen molar-refractivity contribution in [3.05, 3.63) is 53.6 Å². The van der Waals surface area contributed by atoms with Gasteiger partial charge in [0, 0.05) is 6.54 Å². The number of anilines is 2. The molecule has 0 saturated heterocycles. The number of nitrogens with two attached hydrogens (primary N) is 1. The topological polar surface area (TPSA) is 87.2 Å². The predicted octanol–water partition coefficient (Wildman–Crippen LogP) is 3.03. The SMILES string of the molecule is N#CCCN(c1ccccc1)S(=O)(=O)c1ccc(Cl)c(N)c1. The van der Waals surface area contributed by atoms with E-state index in [0.717, 1.165) is 0 Å². The molecular formula is C15H14ClN3O2S. The van der Waals surface area contributed by atoms with E-state index in [-0.39, 0.29) is 23.5 Å². The van der Waals surface area contributed by atoms with E-state index in [9.17, 15) is 8.42 Å². The van der Waals surface area contributed by atoms with Gasteiger partial charge >= 0.3 is 0 Å². The van der Waals surface area contributed by atoms with Gasteiger partial charge in [-0.2, -0.15) is 5.26 Å². The molecule has 2 N–H and O–H groups in total. The minimum atomic E-state index is -3.82. The van der Waals surface area contributed by atoms with Gasteiger partial charge in [0.2, 0.25) is 0 Å². The third kappa shape index (κ3) is 3.32. The van der Waals surface area contributed by atoms with Crippen molar-refractivity contribution in [1.82, 2.24) is 0 Å². The van der Waals surface area contributed by atoms with Crippen LogP contribution in [-0.4, -0.2) is 15.0 Å². The van der Waals surface area contributed by atoms with Gasteiger partial charge in [-0.3, -0.25) is 4.31 Å². The number of hydrogen-bond donors (Lipinski definition) is 1. The van der Waals surface area contributed by atoms with Crippen LogP contribution in [-0.2, 0) is 10.0 Å². The number of nitrogens with zero attached hydrogens (tertiary/aromatic N) is 2. The fourth-order valence-electron chi connectivity index (χ4n) is 1.94. The Bertz CT molecular complexity index is 801. The van der Waals surface area contributed by atoms with Crippen molar-refractivity contribution >= 4 is 33.0 Å². The summed E-state index contributed by atoms with van der Waals surface area (Å²) >= 11 is 5.83. The Labute approximate surface area is 134 Å². The van der Waals surface area contributed by atoms with Crippen LogP contribution in [0.5, 0.6) is 0 Å². The molecule has 0 radical (unpaired) electrons. The fourth-order valence-corrected chi connectivity index (χ4v) is 3.56. The molecule has 2 aromatic carbocycles. The zero-order valence-corrected chi connectivity index (χ0v) is 13.2. The zero-order chi connectivity index (χ0) is 16.2. The van der Waals surface area contributed by atoms with E-state index in [1.165, 1.54) is 22.5 Å². The maximum absolute atomic E-state index is 12.8. The van der Waals surface area contributed by atoms with Crippen LogP contribution >= 0.6 is 11.6 Å². The smallest absolute Gasteiger partial charge is 0.264 e. The fraction of sp³-hybridized carbons (Fsp3) is 0.133. The Balaban J connectivity index is 2.49. The van der Waals surface area contributed by atoms with Crippen molar-refractivity contribution in [2.24, 2.45) is 0 Å². The largest absolute Gasteiger partial charge is 0.397 e. The summed E-state index contributed by atoms with van der Waals surface area (Å²) in [6.07, 6.45) is 0.0806. The Kier molecular flexibility index (Phi) is 4.91. The zero-order valence-electron chi connectivity index (χ0n) is 11.6. The standard InChI is InChI=1S/C15H14ClN3O2S/c16-14-8-7-13(11-15(14)18)22(20,21)19(10-4-9-17)12-5-2-1-3-6-12/h1-3,5-8,11H,4,10,18H2. The Morgan fingerprint density at radius 1 is 1.18 bits per heavy atom. The summed E-state index contributed by atoms with van der Waals surface area (Å²) in [7, 11) is -3.82. The molecule has 0 fully saturated rings. The van der Waals surface area contributed by atoms with E-state index in [2.05, 4.69) is 0 Å². The number of nitrogen functional groups attached to an aromatic ring is 1. The number of sulfonamides is 1. The molecule has 114 valence electrons. The number of para-hydroxylation sites is 1. The van der Waals surface area contributed by atoms with E-state index in [1.807, 2.05) is 6.07 Å². The molecule has 0 bridgehead atoms. The molecule has 2 aromatic rings. The van der Waals surface area contributed by atoms with Crippen molar-refractivity contribution < 1.29 is 8.42 Å². The summed E-state index contributed by atoms with van der Waals surface area (Å²) in [6, 6.07) is 14.7. The monoisotopic (exact) mass is 335 g/mol. The van der Waals surface area contributed by atoms with Crippen molar-refractivity contribution in [3.63, 3.8) is 0 Å². The quantitative estimate of drug-likeness (QED) is 0.851. The van der Waals surface area contributed by atoms with Gasteiger partial charge in [0.15, 0.2) is 0 Å². The van der Waals surface area contributed by atoms with Crippen LogP contribution in [0.25, 0.3) is 0 Å². The maximum Gasteiger partial charge on any atom is 0.264 e. The molecule has 22 heavy (non-hydrogen) atoms. The van der Waals surface area contributed by atoms with Gasteiger partial charge in [-0.1, -0.05) is 29.8 Å². The number of hydrogen-bond acceptors (Lipinski definition) is 4. The molecule has 0 aliphatic carbocycles. The normalized spacial score (nSPS) is 10.9. The van der Waals surface area contributed by atoms with Crippen molar-refractivity contribution in [2.45, 2.75) is 11.3 Å². The van der Waals surface area contributed by atoms with E-state index in [1.54, 1.807) is 30.3 Å². The van der Waals surface area contributed by atoms with Crippen LogP contribution in [0.1, 0.15) is 6.42 Å². The maximum atomic E-state index is 12.8. The minimum Gasteiger partial charge on any atom is -0.397 e. The molecule has 0 spiro atoms. The molecule has 0 heterocycles. The van der Waals surface area contributed by atoms with Gasteiger partial charge in [-0.15, -0.1) is 0 Å². The molecule has 0 amide bonds. The molecule has 0 saturated carbocycles.